The smallest absolute Gasteiger partial charge is 0.309 e. The maximum absolute atomic E-state index is 12.5. The van der Waals surface area contributed by atoms with Gasteiger partial charge in [0.05, 0.1) is 18.2 Å². The third kappa shape index (κ3) is 2.91. The van der Waals surface area contributed by atoms with Gasteiger partial charge < -0.3 is 10.0 Å². The van der Waals surface area contributed by atoms with Crippen LogP contribution in [0.15, 0.2) is 30.6 Å². The molecular formula is C18H21N3O3. The number of aliphatic carboxylic acids is 1. The second kappa shape index (κ2) is 6.11. The number of rotatable bonds is 4. The number of carboxylic acids is 1. The summed E-state index contributed by atoms with van der Waals surface area (Å²) in [5.74, 6) is -1.79. The Kier molecular flexibility index (Phi) is 4.13. The van der Waals surface area contributed by atoms with Crippen LogP contribution in [0.3, 0.4) is 0 Å². The lowest BCUT2D eigenvalue weighted by Gasteiger charge is -2.27. The van der Waals surface area contributed by atoms with Crippen LogP contribution >= 0.6 is 0 Å². The summed E-state index contributed by atoms with van der Waals surface area (Å²) in [4.78, 5) is 25.8. The van der Waals surface area contributed by atoms with Crippen LogP contribution in [-0.4, -0.2) is 31.7 Å². The van der Waals surface area contributed by atoms with Crippen molar-refractivity contribution in [3.05, 3.63) is 52.8 Å². The SMILES string of the molecule is Cc1ccc([C@H]2[C@@H](C(=O)O)CC(=O)N2Cc2cnn(C)c2)cc1C. The predicted molar refractivity (Wildman–Crippen MR) is 88.2 cm³/mol. The van der Waals surface area contributed by atoms with Crippen LogP contribution in [0.4, 0.5) is 0 Å². The molecule has 1 aliphatic heterocycles. The lowest BCUT2D eigenvalue weighted by atomic mass is 9.91. The zero-order valence-electron chi connectivity index (χ0n) is 14.1. The van der Waals surface area contributed by atoms with Crippen molar-refractivity contribution in [2.24, 2.45) is 13.0 Å². The van der Waals surface area contributed by atoms with Gasteiger partial charge in [0, 0.05) is 31.8 Å². The first-order valence-corrected chi connectivity index (χ1v) is 7.93. The van der Waals surface area contributed by atoms with E-state index in [0.717, 1.165) is 22.3 Å². The highest BCUT2D eigenvalue weighted by atomic mass is 16.4. The van der Waals surface area contributed by atoms with Gasteiger partial charge in [-0.15, -0.1) is 0 Å². The number of amides is 1. The number of aromatic nitrogens is 2. The van der Waals surface area contributed by atoms with Crippen LogP contribution < -0.4 is 0 Å². The Hall–Kier alpha value is -2.63. The molecule has 1 aliphatic rings. The molecule has 0 aliphatic carbocycles. The number of carbonyl (C=O) groups is 2. The van der Waals surface area contributed by atoms with Gasteiger partial charge in [0.2, 0.25) is 5.91 Å². The summed E-state index contributed by atoms with van der Waals surface area (Å²) >= 11 is 0. The van der Waals surface area contributed by atoms with Gasteiger partial charge in [-0.25, -0.2) is 0 Å². The molecular weight excluding hydrogens is 306 g/mol. The van der Waals surface area contributed by atoms with E-state index < -0.39 is 17.9 Å². The average molecular weight is 327 g/mol. The third-order valence-corrected chi connectivity index (χ3v) is 4.73. The van der Waals surface area contributed by atoms with E-state index in [1.807, 2.05) is 45.3 Å². The Balaban J connectivity index is 1.99. The van der Waals surface area contributed by atoms with Gasteiger partial charge in [-0.05, 0) is 30.5 Å². The summed E-state index contributed by atoms with van der Waals surface area (Å²) in [7, 11) is 1.82. The monoisotopic (exact) mass is 327 g/mol. The zero-order valence-corrected chi connectivity index (χ0v) is 14.1. The molecule has 2 atom stereocenters. The van der Waals surface area contributed by atoms with E-state index in [1.54, 1.807) is 15.8 Å². The molecule has 0 bridgehead atoms. The third-order valence-electron chi connectivity index (χ3n) is 4.73. The summed E-state index contributed by atoms with van der Waals surface area (Å²) in [6.07, 6.45) is 3.59. The highest BCUT2D eigenvalue weighted by Gasteiger charge is 2.44. The zero-order chi connectivity index (χ0) is 17.4. The van der Waals surface area contributed by atoms with Gasteiger partial charge in [0.1, 0.15) is 0 Å². The van der Waals surface area contributed by atoms with Gasteiger partial charge in [0.15, 0.2) is 0 Å². The van der Waals surface area contributed by atoms with Crippen LogP contribution in [0.25, 0.3) is 0 Å². The molecule has 0 saturated carbocycles. The standard InChI is InChI=1S/C18H21N3O3/c1-11-4-5-14(6-12(11)2)17-15(18(23)24)7-16(22)21(17)10-13-8-19-20(3)9-13/h4-6,8-9,15,17H,7,10H2,1-3H3,(H,23,24)/t15-,17-/m0/s1. The quantitative estimate of drug-likeness (QED) is 0.934. The number of aryl methyl sites for hydroxylation is 3. The molecule has 0 unspecified atom stereocenters. The van der Waals surface area contributed by atoms with Crippen LogP contribution in [0.1, 0.15) is 34.7 Å². The predicted octanol–water partition coefficient (Wildman–Crippen LogP) is 2.21. The summed E-state index contributed by atoms with van der Waals surface area (Å²) in [5, 5.41) is 13.7. The van der Waals surface area contributed by atoms with E-state index in [9.17, 15) is 14.7 Å². The topological polar surface area (TPSA) is 75.4 Å². The Bertz CT molecular complexity index is 797. The first-order chi connectivity index (χ1) is 11.4. The molecule has 1 aromatic carbocycles. The van der Waals surface area contributed by atoms with Crippen molar-refractivity contribution < 1.29 is 14.7 Å². The van der Waals surface area contributed by atoms with Gasteiger partial charge in [-0.1, -0.05) is 18.2 Å². The number of carbonyl (C=O) groups excluding carboxylic acids is 1. The fourth-order valence-corrected chi connectivity index (χ4v) is 3.31. The minimum absolute atomic E-state index is 0.0349. The number of nitrogens with zero attached hydrogens (tertiary/aromatic N) is 3. The lowest BCUT2D eigenvalue weighted by Crippen LogP contribution is -2.30. The van der Waals surface area contributed by atoms with Crippen molar-refractivity contribution in [2.75, 3.05) is 0 Å². The van der Waals surface area contributed by atoms with Crippen LogP contribution in [0.2, 0.25) is 0 Å². The van der Waals surface area contributed by atoms with Crippen LogP contribution in [0, 0.1) is 19.8 Å². The molecule has 2 aromatic rings. The fraction of sp³-hybridized carbons (Fsp3) is 0.389. The van der Waals surface area contributed by atoms with Gasteiger partial charge in [0.25, 0.3) is 0 Å². The molecule has 1 fully saturated rings. The first-order valence-electron chi connectivity index (χ1n) is 7.93. The molecule has 1 saturated heterocycles. The van der Waals surface area contributed by atoms with Gasteiger partial charge >= 0.3 is 5.97 Å². The lowest BCUT2D eigenvalue weighted by molar-refractivity contribution is -0.142. The summed E-state index contributed by atoms with van der Waals surface area (Å²) in [5.41, 5.74) is 4.01. The van der Waals surface area contributed by atoms with E-state index in [0.29, 0.717) is 6.54 Å². The Morgan fingerprint density at radius 2 is 2.08 bits per heavy atom. The number of likely N-dealkylation sites (tertiary alicyclic amines) is 1. The summed E-state index contributed by atoms with van der Waals surface area (Å²) in [6.45, 7) is 4.38. The summed E-state index contributed by atoms with van der Waals surface area (Å²) < 4.78 is 1.68. The molecule has 6 nitrogen and oxygen atoms in total. The van der Waals surface area contributed by atoms with Crippen LogP contribution in [0.5, 0.6) is 0 Å². The van der Waals surface area contributed by atoms with E-state index >= 15 is 0 Å². The average Bonchev–Trinajstić information content (AvgIpc) is 3.07. The fourth-order valence-electron chi connectivity index (χ4n) is 3.31. The number of benzene rings is 1. The highest BCUT2D eigenvalue weighted by molar-refractivity contribution is 5.87. The molecule has 126 valence electrons. The summed E-state index contributed by atoms with van der Waals surface area (Å²) in [6, 6.07) is 5.45. The van der Waals surface area contributed by atoms with Crippen molar-refractivity contribution in [1.29, 1.82) is 0 Å². The number of carboxylic acid groups (broad SMARTS) is 1. The Morgan fingerprint density at radius 1 is 1.33 bits per heavy atom. The van der Waals surface area contributed by atoms with Crippen molar-refractivity contribution in [3.63, 3.8) is 0 Å². The van der Waals surface area contributed by atoms with E-state index in [2.05, 4.69) is 5.10 Å². The number of hydrogen-bond acceptors (Lipinski definition) is 3. The molecule has 1 amide bonds. The van der Waals surface area contributed by atoms with E-state index in [1.165, 1.54) is 0 Å². The Morgan fingerprint density at radius 3 is 2.67 bits per heavy atom. The molecule has 6 heteroatoms. The molecule has 24 heavy (non-hydrogen) atoms. The van der Waals surface area contributed by atoms with Crippen molar-refractivity contribution in [2.45, 2.75) is 32.9 Å². The number of hydrogen-bond donors (Lipinski definition) is 1. The largest absolute Gasteiger partial charge is 0.481 e. The molecule has 0 spiro atoms. The van der Waals surface area contributed by atoms with Gasteiger partial charge in [-0.3, -0.25) is 14.3 Å². The normalized spacial score (nSPS) is 20.6. The maximum Gasteiger partial charge on any atom is 0.309 e. The second-order valence-corrected chi connectivity index (χ2v) is 6.48. The van der Waals surface area contributed by atoms with Crippen LogP contribution in [-0.2, 0) is 23.2 Å². The van der Waals surface area contributed by atoms with Gasteiger partial charge in [-0.2, -0.15) is 5.10 Å². The van der Waals surface area contributed by atoms with Crippen molar-refractivity contribution in [1.82, 2.24) is 14.7 Å². The molecule has 0 radical (unpaired) electrons. The minimum atomic E-state index is -0.930. The van der Waals surface area contributed by atoms with E-state index in [-0.39, 0.29) is 12.3 Å². The molecule has 1 N–H and O–H groups in total. The Labute approximate surface area is 140 Å². The molecule has 2 heterocycles. The van der Waals surface area contributed by atoms with E-state index in [4.69, 9.17) is 0 Å². The van der Waals surface area contributed by atoms with Crippen molar-refractivity contribution >= 4 is 11.9 Å². The first kappa shape index (κ1) is 16.2. The molecule has 3 rings (SSSR count). The molecule has 1 aromatic heterocycles. The van der Waals surface area contributed by atoms with Crippen molar-refractivity contribution in [3.8, 4) is 0 Å². The maximum atomic E-state index is 12.5. The second-order valence-electron chi connectivity index (χ2n) is 6.48. The highest BCUT2D eigenvalue weighted by Crippen LogP contribution is 2.39. The minimum Gasteiger partial charge on any atom is -0.481 e.